The van der Waals surface area contributed by atoms with Crippen molar-refractivity contribution < 1.29 is 5.11 Å². The van der Waals surface area contributed by atoms with Gasteiger partial charge in [-0.1, -0.05) is 6.92 Å². The fourth-order valence-electron chi connectivity index (χ4n) is 2.29. The first-order valence-electron chi connectivity index (χ1n) is 6.52. The normalized spacial score (nSPS) is 24.9. The molecule has 96 valence electrons. The highest BCUT2D eigenvalue weighted by molar-refractivity contribution is 4.81. The maximum atomic E-state index is 9.25. The molecule has 1 aliphatic rings. The molecule has 3 heteroatoms. The largest absolute Gasteiger partial charge is 0.395 e. The molecule has 3 nitrogen and oxygen atoms in total. The summed E-state index contributed by atoms with van der Waals surface area (Å²) in [4.78, 5) is 2.44. The van der Waals surface area contributed by atoms with Gasteiger partial charge < -0.3 is 10.4 Å². The Morgan fingerprint density at radius 1 is 1.44 bits per heavy atom. The average molecular weight is 228 g/mol. The van der Waals surface area contributed by atoms with Crippen molar-refractivity contribution in [3.05, 3.63) is 0 Å². The molecule has 0 aromatic carbocycles. The van der Waals surface area contributed by atoms with Gasteiger partial charge in [0.15, 0.2) is 0 Å². The minimum Gasteiger partial charge on any atom is -0.395 e. The van der Waals surface area contributed by atoms with E-state index in [1.54, 1.807) is 0 Å². The quantitative estimate of drug-likeness (QED) is 0.748. The number of aliphatic hydroxyl groups is 1. The van der Waals surface area contributed by atoms with Crippen molar-refractivity contribution in [2.24, 2.45) is 5.92 Å². The molecule has 2 atom stereocenters. The minimum absolute atomic E-state index is 0.204. The number of nitrogens with zero attached hydrogens (tertiary/aromatic N) is 1. The zero-order valence-corrected chi connectivity index (χ0v) is 11.3. The first-order valence-corrected chi connectivity index (χ1v) is 6.52. The first-order chi connectivity index (χ1) is 7.42. The topological polar surface area (TPSA) is 35.5 Å². The van der Waals surface area contributed by atoms with Crippen LogP contribution in [0.2, 0.25) is 0 Å². The maximum Gasteiger partial charge on any atom is 0.0586 e. The van der Waals surface area contributed by atoms with Gasteiger partial charge in [0.05, 0.1) is 6.61 Å². The van der Waals surface area contributed by atoms with E-state index in [0.717, 1.165) is 26.1 Å². The molecule has 0 aromatic heterocycles. The summed E-state index contributed by atoms with van der Waals surface area (Å²) in [5.74, 6) is 0.645. The lowest BCUT2D eigenvalue weighted by molar-refractivity contribution is 0.142. The molecular weight excluding hydrogens is 200 g/mol. The lowest BCUT2D eigenvalue weighted by Crippen LogP contribution is -2.43. The van der Waals surface area contributed by atoms with Crippen molar-refractivity contribution in [2.45, 2.75) is 52.1 Å². The highest BCUT2D eigenvalue weighted by atomic mass is 16.3. The molecule has 1 aliphatic heterocycles. The van der Waals surface area contributed by atoms with E-state index < -0.39 is 0 Å². The molecule has 1 saturated heterocycles. The summed E-state index contributed by atoms with van der Waals surface area (Å²) in [6, 6.07) is 0.414. The second-order valence-corrected chi connectivity index (χ2v) is 6.21. The zero-order chi connectivity index (χ0) is 12.2. The van der Waals surface area contributed by atoms with E-state index in [1.807, 2.05) is 0 Å². The summed E-state index contributed by atoms with van der Waals surface area (Å²) in [6.45, 7) is 12.5. The van der Waals surface area contributed by atoms with Crippen LogP contribution in [0.5, 0.6) is 0 Å². The predicted molar refractivity (Wildman–Crippen MR) is 68.6 cm³/mol. The lowest BCUT2D eigenvalue weighted by atomic mass is 10.1. The van der Waals surface area contributed by atoms with E-state index in [0.29, 0.717) is 18.6 Å². The van der Waals surface area contributed by atoms with Crippen molar-refractivity contribution in [1.82, 2.24) is 10.2 Å². The average Bonchev–Trinajstić information content (AvgIpc) is 2.61. The van der Waals surface area contributed by atoms with Gasteiger partial charge in [-0.05, 0) is 52.6 Å². The van der Waals surface area contributed by atoms with Crippen LogP contribution in [0.4, 0.5) is 0 Å². The Labute approximate surface area is 100 Å². The van der Waals surface area contributed by atoms with Crippen LogP contribution in [-0.2, 0) is 0 Å². The molecule has 1 rings (SSSR count). The van der Waals surface area contributed by atoms with Gasteiger partial charge in [-0.15, -0.1) is 0 Å². The van der Waals surface area contributed by atoms with Crippen LogP contribution in [-0.4, -0.2) is 47.8 Å². The number of hydrogen-bond acceptors (Lipinski definition) is 3. The van der Waals surface area contributed by atoms with Crippen molar-refractivity contribution in [1.29, 1.82) is 0 Å². The van der Waals surface area contributed by atoms with E-state index in [1.165, 1.54) is 6.42 Å². The number of hydrogen-bond donors (Lipinski definition) is 2. The molecule has 0 aromatic rings. The number of aliphatic hydroxyl groups excluding tert-OH is 1. The monoisotopic (exact) mass is 228 g/mol. The molecule has 2 N–H and O–H groups in total. The first kappa shape index (κ1) is 13.9. The van der Waals surface area contributed by atoms with Crippen molar-refractivity contribution in [3.8, 4) is 0 Å². The fraction of sp³-hybridized carbons (Fsp3) is 1.00. The number of rotatable bonds is 5. The van der Waals surface area contributed by atoms with Gasteiger partial charge in [-0.3, -0.25) is 4.90 Å². The summed E-state index contributed by atoms with van der Waals surface area (Å²) < 4.78 is 0. The summed E-state index contributed by atoms with van der Waals surface area (Å²) in [5.41, 5.74) is 0.204. The van der Waals surface area contributed by atoms with Crippen LogP contribution < -0.4 is 5.32 Å². The zero-order valence-electron chi connectivity index (χ0n) is 11.3. The van der Waals surface area contributed by atoms with E-state index in [2.05, 4.69) is 37.9 Å². The molecule has 0 amide bonds. The molecule has 16 heavy (non-hydrogen) atoms. The fourth-order valence-corrected chi connectivity index (χ4v) is 2.29. The third-order valence-electron chi connectivity index (χ3n) is 3.24. The van der Waals surface area contributed by atoms with Crippen LogP contribution >= 0.6 is 0 Å². The Bertz CT molecular complexity index is 201. The van der Waals surface area contributed by atoms with Gasteiger partial charge in [0.1, 0.15) is 0 Å². The van der Waals surface area contributed by atoms with Crippen LogP contribution in [0.15, 0.2) is 0 Å². The lowest BCUT2D eigenvalue weighted by Gasteiger charge is -2.28. The Balaban J connectivity index is 2.25. The van der Waals surface area contributed by atoms with E-state index in [4.69, 9.17) is 0 Å². The second kappa shape index (κ2) is 5.99. The molecule has 0 spiro atoms. The molecule has 1 fully saturated rings. The third kappa shape index (κ3) is 4.81. The molecular formula is C13H28N2O. The second-order valence-electron chi connectivity index (χ2n) is 6.21. The van der Waals surface area contributed by atoms with Gasteiger partial charge in [0.2, 0.25) is 0 Å². The Hall–Kier alpha value is -0.120. The van der Waals surface area contributed by atoms with Crippen LogP contribution in [0.1, 0.15) is 40.5 Å². The summed E-state index contributed by atoms with van der Waals surface area (Å²) in [7, 11) is 0. The standard InChI is InChI=1S/C13H28N2O/c1-11(8-14-13(2,3)4)9-15-7-5-6-12(15)10-16/h11-12,14,16H,5-10H2,1-4H3. The highest BCUT2D eigenvalue weighted by Crippen LogP contribution is 2.18. The molecule has 0 radical (unpaired) electrons. The molecule has 0 aliphatic carbocycles. The van der Waals surface area contributed by atoms with Crippen LogP contribution in [0.25, 0.3) is 0 Å². The van der Waals surface area contributed by atoms with Crippen LogP contribution in [0, 0.1) is 5.92 Å². The minimum atomic E-state index is 0.204. The molecule has 0 saturated carbocycles. The van der Waals surface area contributed by atoms with Crippen molar-refractivity contribution in [2.75, 3.05) is 26.2 Å². The van der Waals surface area contributed by atoms with E-state index in [-0.39, 0.29) is 5.54 Å². The maximum absolute atomic E-state index is 9.25. The summed E-state index contributed by atoms with van der Waals surface area (Å²) in [5, 5.41) is 12.8. The van der Waals surface area contributed by atoms with Crippen molar-refractivity contribution in [3.63, 3.8) is 0 Å². The Morgan fingerprint density at radius 2 is 2.12 bits per heavy atom. The van der Waals surface area contributed by atoms with Crippen molar-refractivity contribution >= 4 is 0 Å². The molecule has 2 unspecified atom stereocenters. The van der Waals surface area contributed by atoms with Gasteiger partial charge >= 0.3 is 0 Å². The highest BCUT2D eigenvalue weighted by Gasteiger charge is 2.25. The van der Waals surface area contributed by atoms with Gasteiger partial charge in [0.25, 0.3) is 0 Å². The number of likely N-dealkylation sites (tertiary alicyclic amines) is 1. The number of nitrogens with one attached hydrogen (secondary N) is 1. The molecule has 0 bridgehead atoms. The SMILES string of the molecule is CC(CNC(C)(C)C)CN1CCCC1CO. The van der Waals surface area contributed by atoms with E-state index in [9.17, 15) is 5.11 Å². The predicted octanol–water partition coefficient (Wildman–Crippen LogP) is 1.47. The molecule has 1 heterocycles. The summed E-state index contributed by atoms with van der Waals surface area (Å²) in [6.07, 6.45) is 2.40. The van der Waals surface area contributed by atoms with Gasteiger partial charge in [-0.25, -0.2) is 0 Å². The van der Waals surface area contributed by atoms with Crippen LogP contribution in [0.3, 0.4) is 0 Å². The van der Waals surface area contributed by atoms with E-state index >= 15 is 0 Å². The Kier molecular flexibility index (Phi) is 5.22. The van der Waals surface area contributed by atoms with Gasteiger partial charge in [0, 0.05) is 18.1 Å². The summed E-state index contributed by atoms with van der Waals surface area (Å²) >= 11 is 0. The smallest absolute Gasteiger partial charge is 0.0586 e. The van der Waals surface area contributed by atoms with Gasteiger partial charge in [-0.2, -0.15) is 0 Å². The Morgan fingerprint density at radius 3 is 2.69 bits per heavy atom. The third-order valence-corrected chi connectivity index (χ3v) is 3.24.